The van der Waals surface area contributed by atoms with Crippen molar-refractivity contribution in [3.05, 3.63) is 29.8 Å². The van der Waals surface area contributed by atoms with Crippen LogP contribution < -0.4 is 5.32 Å². The average molecular weight is 191 g/mol. The van der Waals surface area contributed by atoms with Gasteiger partial charge in [-0.25, -0.2) is 0 Å². The maximum Gasteiger partial charge on any atom is 0.221 e. The van der Waals surface area contributed by atoms with Crippen LogP contribution in [0.1, 0.15) is 25.3 Å². The molecule has 1 amide bonds. The van der Waals surface area contributed by atoms with Crippen molar-refractivity contribution in [2.75, 3.05) is 5.32 Å². The molecule has 0 bridgehead atoms. The lowest BCUT2D eigenvalue weighted by Gasteiger charge is -2.07. The summed E-state index contributed by atoms with van der Waals surface area (Å²) in [6, 6.07) is 7.29. The lowest BCUT2D eigenvalue weighted by molar-refractivity contribution is -0.114. The van der Waals surface area contributed by atoms with Gasteiger partial charge in [-0.05, 0) is 17.7 Å². The van der Waals surface area contributed by atoms with Crippen LogP contribution >= 0.6 is 0 Å². The van der Waals surface area contributed by atoms with Crippen molar-refractivity contribution in [3.8, 4) is 0 Å². The molecule has 0 aromatic heterocycles. The number of amides is 1. The van der Waals surface area contributed by atoms with Crippen molar-refractivity contribution in [1.29, 1.82) is 0 Å². The fourth-order valence-corrected chi connectivity index (χ4v) is 1.18. The normalized spacial score (nSPS) is 11.9. The van der Waals surface area contributed by atoms with Crippen molar-refractivity contribution in [2.24, 2.45) is 0 Å². The zero-order valence-electron chi connectivity index (χ0n) is 8.28. The first kappa shape index (κ1) is 10.4. The molecule has 0 heterocycles. The second-order valence-electron chi connectivity index (χ2n) is 3.23. The van der Waals surface area contributed by atoms with Gasteiger partial charge in [0, 0.05) is 18.5 Å². The Hall–Kier alpha value is -1.64. The fourth-order valence-electron chi connectivity index (χ4n) is 1.18. The summed E-state index contributed by atoms with van der Waals surface area (Å²) in [5.74, 6) is -0.246. The van der Waals surface area contributed by atoms with Crippen molar-refractivity contribution < 1.29 is 9.59 Å². The van der Waals surface area contributed by atoms with Crippen LogP contribution in [0, 0.1) is 0 Å². The summed E-state index contributed by atoms with van der Waals surface area (Å²) in [6.45, 7) is 3.27. The summed E-state index contributed by atoms with van der Waals surface area (Å²) in [6.07, 6.45) is 0.882. The molecule has 1 unspecified atom stereocenters. The zero-order chi connectivity index (χ0) is 10.6. The number of carbonyl (C=O) groups is 2. The third kappa shape index (κ3) is 2.69. The smallest absolute Gasteiger partial charge is 0.221 e. The third-order valence-corrected chi connectivity index (χ3v) is 1.94. The zero-order valence-corrected chi connectivity index (χ0v) is 8.28. The monoisotopic (exact) mass is 191 g/mol. The van der Waals surface area contributed by atoms with Gasteiger partial charge in [-0.1, -0.05) is 19.1 Å². The first-order chi connectivity index (χ1) is 6.63. The number of anilines is 1. The molecule has 3 heteroatoms. The van der Waals surface area contributed by atoms with Crippen molar-refractivity contribution in [1.82, 2.24) is 0 Å². The van der Waals surface area contributed by atoms with Gasteiger partial charge in [0.05, 0.1) is 0 Å². The molecule has 14 heavy (non-hydrogen) atoms. The average Bonchev–Trinajstić information content (AvgIpc) is 2.16. The molecule has 1 rings (SSSR count). The SMILES string of the molecule is CC(=O)Nc1cccc(C(C)C=O)c1. The van der Waals surface area contributed by atoms with Gasteiger partial charge in [0.25, 0.3) is 0 Å². The van der Waals surface area contributed by atoms with Crippen molar-refractivity contribution in [3.63, 3.8) is 0 Å². The van der Waals surface area contributed by atoms with E-state index >= 15 is 0 Å². The van der Waals surface area contributed by atoms with Crippen LogP contribution in [0.2, 0.25) is 0 Å². The number of nitrogens with one attached hydrogen (secondary N) is 1. The van der Waals surface area contributed by atoms with E-state index in [0.717, 1.165) is 17.5 Å². The molecule has 74 valence electrons. The lowest BCUT2D eigenvalue weighted by Crippen LogP contribution is -2.06. The highest BCUT2D eigenvalue weighted by molar-refractivity contribution is 5.88. The molecule has 0 fully saturated rings. The van der Waals surface area contributed by atoms with Crippen LogP contribution in [0.25, 0.3) is 0 Å². The van der Waals surface area contributed by atoms with E-state index in [1.54, 1.807) is 12.1 Å². The number of benzene rings is 1. The molecule has 0 aliphatic carbocycles. The minimum absolute atomic E-state index is 0.110. The first-order valence-electron chi connectivity index (χ1n) is 4.46. The molecule has 0 radical (unpaired) electrons. The molecule has 1 atom stereocenters. The van der Waals surface area contributed by atoms with E-state index in [4.69, 9.17) is 0 Å². The number of carbonyl (C=O) groups excluding carboxylic acids is 2. The quantitative estimate of drug-likeness (QED) is 0.742. The van der Waals surface area contributed by atoms with Crippen LogP contribution in [-0.4, -0.2) is 12.2 Å². The highest BCUT2D eigenvalue weighted by Gasteiger charge is 2.04. The number of hydrogen-bond acceptors (Lipinski definition) is 2. The molecule has 1 N–H and O–H groups in total. The van der Waals surface area contributed by atoms with Crippen molar-refractivity contribution in [2.45, 2.75) is 19.8 Å². The Morgan fingerprint density at radius 2 is 2.21 bits per heavy atom. The van der Waals surface area contributed by atoms with E-state index in [0.29, 0.717) is 0 Å². The van der Waals surface area contributed by atoms with E-state index < -0.39 is 0 Å². The number of aldehydes is 1. The summed E-state index contributed by atoms with van der Waals surface area (Å²) in [4.78, 5) is 21.3. The largest absolute Gasteiger partial charge is 0.326 e. The van der Waals surface area contributed by atoms with E-state index in [2.05, 4.69) is 5.32 Å². The van der Waals surface area contributed by atoms with Gasteiger partial charge in [0.1, 0.15) is 6.29 Å². The van der Waals surface area contributed by atoms with Gasteiger partial charge >= 0.3 is 0 Å². The number of rotatable bonds is 3. The van der Waals surface area contributed by atoms with Gasteiger partial charge in [-0.2, -0.15) is 0 Å². The topological polar surface area (TPSA) is 46.2 Å². The standard InChI is InChI=1S/C11H13NO2/c1-8(7-13)10-4-3-5-11(6-10)12-9(2)14/h3-8H,1-2H3,(H,12,14). The molecule has 0 spiro atoms. The molecular weight excluding hydrogens is 178 g/mol. The van der Waals surface area contributed by atoms with Crippen LogP contribution in [-0.2, 0) is 9.59 Å². The summed E-state index contributed by atoms with van der Waals surface area (Å²) >= 11 is 0. The molecule has 1 aromatic rings. The molecule has 0 aliphatic rings. The molecular formula is C11H13NO2. The Morgan fingerprint density at radius 3 is 2.79 bits per heavy atom. The molecule has 0 saturated heterocycles. The van der Waals surface area contributed by atoms with Gasteiger partial charge in [0.15, 0.2) is 0 Å². The highest BCUT2D eigenvalue weighted by Crippen LogP contribution is 2.17. The van der Waals surface area contributed by atoms with Gasteiger partial charge in [-0.15, -0.1) is 0 Å². The summed E-state index contributed by atoms with van der Waals surface area (Å²) < 4.78 is 0. The summed E-state index contributed by atoms with van der Waals surface area (Å²) in [5, 5.41) is 2.67. The summed E-state index contributed by atoms with van der Waals surface area (Å²) in [7, 11) is 0. The second kappa shape index (κ2) is 4.56. The second-order valence-corrected chi connectivity index (χ2v) is 3.23. The molecule has 3 nitrogen and oxygen atoms in total. The Morgan fingerprint density at radius 1 is 1.50 bits per heavy atom. The van der Waals surface area contributed by atoms with E-state index in [9.17, 15) is 9.59 Å². The molecule has 1 aromatic carbocycles. The Kier molecular flexibility index (Phi) is 3.40. The molecule has 0 aliphatic heterocycles. The fraction of sp³-hybridized carbons (Fsp3) is 0.273. The predicted molar refractivity (Wildman–Crippen MR) is 55.2 cm³/mol. The van der Waals surface area contributed by atoms with Crippen LogP contribution in [0.4, 0.5) is 5.69 Å². The van der Waals surface area contributed by atoms with E-state index in [1.165, 1.54) is 6.92 Å². The van der Waals surface area contributed by atoms with E-state index in [1.807, 2.05) is 19.1 Å². The van der Waals surface area contributed by atoms with Gasteiger partial charge in [-0.3, -0.25) is 4.79 Å². The van der Waals surface area contributed by atoms with Crippen LogP contribution in [0.5, 0.6) is 0 Å². The van der Waals surface area contributed by atoms with Crippen LogP contribution in [0.3, 0.4) is 0 Å². The maximum atomic E-state index is 10.8. The van der Waals surface area contributed by atoms with Crippen molar-refractivity contribution >= 4 is 17.9 Å². The summed E-state index contributed by atoms with van der Waals surface area (Å²) in [5.41, 5.74) is 1.63. The van der Waals surface area contributed by atoms with E-state index in [-0.39, 0.29) is 11.8 Å². The highest BCUT2D eigenvalue weighted by atomic mass is 16.1. The molecule has 0 saturated carbocycles. The first-order valence-corrected chi connectivity index (χ1v) is 4.46. The minimum Gasteiger partial charge on any atom is -0.326 e. The predicted octanol–water partition coefficient (Wildman–Crippen LogP) is 1.95. The van der Waals surface area contributed by atoms with Crippen LogP contribution in [0.15, 0.2) is 24.3 Å². The number of hydrogen-bond donors (Lipinski definition) is 1. The van der Waals surface area contributed by atoms with Gasteiger partial charge in [0.2, 0.25) is 5.91 Å². The Labute approximate surface area is 83.1 Å². The lowest BCUT2D eigenvalue weighted by atomic mass is 10.0. The van der Waals surface area contributed by atoms with Gasteiger partial charge < -0.3 is 10.1 Å². The third-order valence-electron chi connectivity index (χ3n) is 1.94. The Balaban J connectivity index is 2.88. The minimum atomic E-state index is -0.135. The maximum absolute atomic E-state index is 10.8. The Bertz CT molecular complexity index is 347.